The summed E-state index contributed by atoms with van der Waals surface area (Å²) in [4.78, 5) is 16.2. The lowest BCUT2D eigenvalue weighted by Crippen LogP contribution is -2.50. The number of rotatable bonds is 4. The Hall–Kier alpha value is -2.96. The van der Waals surface area contributed by atoms with Crippen molar-refractivity contribution in [2.45, 2.75) is 0 Å². The Morgan fingerprint density at radius 1 is 1.04 bits per heavy atom. The van der Waals surface area contributed by atoms with Crippen LogP contribution in [0.25, 0.3) is 0 Å². The van der Waals surface area contributed by atoms with E-state index in [0.717, 1.165) is 17.2 Å². The van der Waals surface area contributed by atoms with Gasteiger partial charge in [-0.15, -0.1) is 0 Å². The molecule has 0 aliphatic carbocycles. The summed E-state index contributed by atoms with van der Waals surface area (Å²) in [5.41, 5.74) is 1.15. The molecule has 138 valence electrons. The van der Waals surface area contributed by atoms with Crippen LogP contribution >= 0.6 is 0 Å². The van der Waals surface area contributed by atoms with Gasteiger partial charge in [-0.1, -0.05) is 12.1 Å². The van der Waals surface area contributed by atoms with Crippen LogP contribution in [0.4, 0.5) is 20.6 Å². The van der Waals surface area contributed by atoms with Crippen molar-refractivity contribution in [2.75, 3.05) is 50.6 Å². The molecule has 0 saturated carbocycles. The van der Waals surface area contributed by atoms with Gasteiger partial charge in [0.25, 0.3) is 0 Å². The summed E-state index contributed by atoms with van der Waals surface area (Å²) in [6.07, 6.45) is 0. The van der Waals surface area contributed by atoms with Crippen LogP contribution in [-0.2, 0) is 0 Å². The van der Waals surface area contributed by atoms with E-state index in [1.807, 2.05) is 18.2 Å². The van der Waals surface area contributed by atoms with Gasteiger partial charge in [0.05, 0.1) is 25.6 Å². The van der Waals surface area contributed by atoms with E-state index in [4.69, 9.17) is 9.47 Å². The molecule has 1 heterocycles. The van der Waals surface area contributed by atoms with E-state index in [0.29, 0.717) is 26.2 Å². The molecular weight excluding hydrogens is 337 g/mol. The van der Waals surface area contributed by atoms with Crippen LogP contribution in [0, 0.1) is 5.82 Å². The number of hydrogen-bond donors (Lipinski definition) is 1. The Morgan fingerprint density at radius 2 is 1.77 bits per heavy atom. The van der Waals surface area contributed by atoms with Gasteiger partial charge < -0.3 is 24.6 Å². The van der Waals surface area contributed by atoms with Crippen LogP contribution in [0.1, 0.15) is 0 Å². The molecule has 0 atom stereocenters. The Bertz CT molecular complexity index is 776. The van der Waals surface area contributed by atoms with Crippen molar-refractivity contribution < 1.29 is 18.7 Å². The molecule has 0 bridgehead atoms. The maximum Gasteiger partial charge on any atom is 0.322 e. The van der Waals surface area contributed by atoms with E-state index in [2.05, 4.69) is 10.2 Å². The molecule has 2 amide bonds. The molecule has 0 unspecified atom stereocenters. The monoisotopic (exact) mass is 359 g/mol. The molecule has 0 spiro atoms. The molecule has 26 heavy (non-hydrogen) atoms. The van der Waals surface area contributed by atoms with Crippen molar-refractivity contribution in [3.05, 3.63) is 48.3 Å². The summed E-state index contributed by atoms with van der Waals surface area (Å²) < 4.78 is 24.4. The Morgan fingerprint density at radius 3 is 2.42 bits per heavy atom. The quantitative estimate of drug-likeness (QED) is 0.911. The minimum absolute atomic E-state index is 0.191. The van der Waals surface area contributed by atoms with Gasteiger partial charge in [0.2, 0.25) is 0 Å². The van der Waals surface area contributed by atoms with Gasteiger partial charge in [0.15, 0.2) is 0 Å². The third kappa shape index (κ3) is 3.82. The minimum Gasteiger partial charge on any atom is -0.497 e. The number of ether oxygens (including phenoxy) is 2. The molecule has 0 radical (unpaired) electrons. The van der Waals surface area contributed by atoms with E-state index in [1.165, 1.54) is 6.07 Å². The van der Waals surface area contributed by atoms with Crippen LogP contribution in [0.15, 0.2) is 42.5 Å². The molecule has 1 saturated heterocycles. The van der Waals surface area contributed by atoms with Gasteiger partial charge in [0.1, 0.15) is 17.3 Å². The first-order valence-electron chi connectivity index (χ1n) is 8.40. The minimum atomic E-state index is -0.442. The number of halogens is 1. The highest BCUT2D eigenvalue weighted by atomic mass is 19.1. The highest BCUT2D eigenvalue weighted by Crippen LogP contribution is 2.32. The molecule has 6 nitrogen and oxygen atoms in total. The van der Waals surface area contributed by atoms with Crippen molar-refractivity contribution in [3.8, 4) is 11.5 Å². The molecule has 2 aromatic carbocycles. The van der Waals surface area contributed by atoms with Crippen molar-refractivity contribution in [2.24, 2.45) is 0 Å². The number of urea groups is 1. The van der Waals surface area contributed by atoms with E-state index in [9.17, 15) is 9.18 Å². The first-order valence-corrected chi connectivity index (χ1v) is 8.40. The van der Waals surface area contributed by atoms with Crippen LogP contribution < -0.4 is 19.7 Å². The number of methoxy groups -OCH3 is 2. The topological polar surface area (TPSA) is 54.0 Å². The van der Waals surface area contributed by atoms with Crippen molar-refractivity contribution in [1.29, 1.82) is 0 Å². The average Bonchev–Trinajstić information content (AvgIpc) is 2.69. The predicted octanol–water partition coefficient (Wildman–Crippen LogP) is 3.20. The van der Waals surface area contributed by atoms with Crippen molar-refractivity contribution in [3.63, 3.8) is 0 Å². The summed E-state index contributed by atoms with van der Waals surface area (Å²) in [6, 6.07) is 11.5. The fourth-order valence-corrected chi connectivity index (χ4v) is 2.95. The highest BCUT2D eigenvalue weighted by Gasteiger charge is 2.23. The zero-order valence-corrected chi connectivity index (χ0v) is 14.9. The molecule has 3 rings (SSSR count). The summed E-state index contributed by atoms with van der Waals surface area (Å²) in [5.74, 6) is 1.02. The van der Waals surface area contributed by atoms with Crippen LogP contribution in [-0.4, -0.2) is 51.3 Å². The lowest BCUT2D eigenvalue weighted by molar-refractivity contribution is 0.208. The Labute approximate surface area is 152 Å². The molecule has 0 aromatic heterocycles. The largest absolute Gasteiger partial charge is 0.497 e. The number of amides is 2. The maximum atomic E-state index is 13.7. The number of nitrogens with zero attached hydrogens (tertiary/aromatic N) is 2. The number of carbonyl (C=O) groups excluding carboxylic acids is 1. The number of nitrogens with one attached hydrogen (secondary N) is 1. The lowest BCUT2D eigenvalue weighted by atomic mass is 10.2. The van der Waals surface area contributed by atoms with Gasteiger partial charge in [-0.3, -0.25) is 0 Å². The third-order valence-corrected chi connectivity index (χ3v) is 4.41. The molecule has 1 aliphatic rings. The van der Waals surface area contributed by atoms with Gasteiger partial charge in [-0.2, -0.15) is 0 Å². The summed E-state index contributed by atoms with van der Waals surface area (Å²) >= 11 is 0. The highest BCUT2D eigenvalue weighted by molar-refractivity contribution is 5.89. The molecule has 1 fully saturated rings. The first kappa shape index (κ1) is 17.8. The number of benzene rings is 2. The number of para-hydroxylation sites is 1. The van der Waals surface area contributed by atoms with E-state index in [1.54, 1.807) is 37.3 Å². The summed E-state index contributed by atoms with van der Waals surface area (Å²) in [6.45, 7) is 2.39. The van der Waals surface area contributed by atoms with Gasteiger partial charge in [0, 0.05) is 32.2 Å². The summed E-state index contributed by atoms with van der Waals surface area (Å²) in [5, 5.41) is 2.62. The average molecular weight is 359 g/mol. The maximum absolute atomic E-state index is 13.7. The Balaban J connectivity index is 1.62. The number of piperazine rings is 1. The van der Waals surface area contributed by atoms with E-state index < -0.39 is 5.82 Å². The zero-order chi connectivity index (χ0) is 18.5. The fraction of sp³-hybridized carbons (Fsp3) is 0.316. The second-order valence-electron chi connectivity index (χ2n) is 5.92. The second-order valence-corrected chi connectivity index (χ2v) is 5.92. The number of hydrogen-bond acceptors (Lipinski definition) is 4. The predicted molar refractivity (Wildman–Crippen MR) is 98.8 cm³/mol. The van der Waals surface area contributed by atoms with Crippen molar-refractivity contribution >= 4 is 17.4 Å². The smallest absolute Gasteiger partial charge is 0.322 e. The molecule has 1 aliphatic heterocycles. The molecular formula is C19H22FN3O3. The first-order chi connectivity index (χ1) is 12.6. The molecule has 7 heteroatoms. The standard InChI is InChI=1S/C19H22FN3O3/c1-25-14-7-8-17(18(13-14)26-2)22-9-11-23(12-10-22)19(24)21-16-6-4-3-5-15(16)20/h3-8,13H,9-12H2,1-2H3,(H,21,24). The Kier molecular flexibility index (Phi) is 5.46. The third-order valence-electron chi connectivity index (χ3n) is 4.41. The normalized spacial score (nSPS) is 14.1. The molecule has 2 aromatic rings. The van der Waals surface area contributed by atoms with E-state index in [-0.39, 0.29) is 11.7 Å². The van der Waals surface area contributed by atoms with Gasteiger partial charge in [-0.25, -0.2) is 9.18 Å². The summed E-state index contributed by atoms with van der Waals surface area (Å²) in [7, 11) is 3.23. The number of anilines is 2. The molecule has 1 N–H and O–H groups in total. The van der Waals surface area contributed by atoms with Gasteiger partial charge >= 0.3 is 6.03 Å². The van der Waals surface area contributed by atoms with Crippen LogP contribution in [0.5, 0.6) is 11.5 Å². The fourth-order valence-electron chi connectivity index (χ4n) is 2.95. The second kappa shape index (κ2) is 7.95. The van der Waals surface area contributed by atoms with Crippen LogP contribution in [0.3, 0.4) is 0 Å². The SMILES string of the molecule is COc1ccc(N2CCN(C(=O)Nc3ccccc3F)CC2)c(OC)c1. The van der Waals surface area contributed by atoms with Crippen molar-refractivity contribution in [1.82, 2.24) is 4.90 Å². The van der Waals surface area contributed by atoms with Gasteiger partial charge in [-0.05, 0) is 24.3 Å². The number of carbonyl (C=O) groups is 1. The lowest BCUT2D eigenvalue weighted by Gasteiger charge is -2.36. The van der Waals surface area contributed by atoms with Crippen LogP contribution in [0.2, 0.25) is 0 Å². The zero-order valence-electron chi connectivity index (χ0n) is 14.9. The van der Waals surface area contributed by atoms with E-state index >= 15 is 0 Å².